The summed E-state index contributed by atoms with van der Waals surface area (Å²) in [5, 5.41) is 0. The zero-order valence-corrected chi connectivity index (χ0v) is 11.6. The van der Waals surface area contributed by atoms with Crippen molar-refractivity contribution in [3.05, 3.63) is 0 Å². The number of rotatable bonds is 5. The molecule has 8 heteroatoms. The molecule has 17 heavy (non-hydrogen) atoms. The number of amides is 2. The van der Waals surface area contributed by atoms with E-state index < -0.39 is 8.80 Å². The average Bonchev–Trinajstić information content (AvgIpc) is 2.37. The van der Waals surface area contributed by atoms with Gasteiger partial charge in [0.1, 0.15) is 0 Å². The van der Waals surface area contributed by atoms with Gasteiger partial charge in [0.2, 0.25) is 0 Å². The summed E-state index contributed by atoms with van der Waals surface area (Å²) in [7, 11) is 2.23. The maximum atomic E-state index is 11.0. The molecular weight excluding hydrogens is 242 g/mol. The van der Waals surface area contributed by atoms with Gasteiger partial charge in [0.25, 0.3) is 0 Å². The number of nitrogens with zero attached hydrogens (tertiary/aromatic N) is 2. The Hall–Kier alpha value is -0.673. The number of hydrogen-bond acceptors (Lipinski definition) is 5. The Labute approximate surface area is 103 Å². The molecule has 2 N–H and O–H groups in total. The highest BCUT2D eigenvalue weighted by Gasteiger charge is 2.40. The van der Waals surface area contributed by atoms with Crippen molar-refractivity contribution in [2.45, 2.75) is 0 Å². The van der Waals surface area contributed by atoms with E-state index in [1.165, 1.54) is 0 Å². The number of carbonyl (C=O) groups excluding carboxylic acids is 1. The summed E-state index contributed by atoms with van der Waals surface area (Å²) in [6.45, 7) is 2.79. The number of nitrogens with two attached hydrogens (primary N) is 1. The highest BCUT2D eigenvalue weighted by atomic mass is 28.4. The molecule has 0 unspecified atom stereocenters. The SMILES string of the molecule is CO[Si](CN1CCN(C(N)=O)CC1)(OC)OC. The minimum Gasteiger partial charge on any atom is -0.376 e. The summed E-state index contributed by atoms with van der Waals surface area (Å²) in [4.78, 5) is 14.8. The fourth-order valence-electron chi connectivity index (χ4n) is 1.84. The first kappa shape index (κ1) is 14.4. The minimum absolute atomic E-state index is 0.363. The molecule has 0 aromatic heterocycles. The van der Waals surface area contributed by atoms with Gasteiger partial charge in [-0.05, 0) is 0 Å². The summed E-state index contributed by atoms with van der Waals surface area (Å²) >= 11 is 0. The molecule has 1 heterocycles. The molecule has 1 fully saturated rings. The van der Waals surface area contributed by atoms with Crippen molar-refractivity contribution in [1.29, 1.82) is 0 Å². The van der Waals surface area contributed by atoms with E-state index in [4.69, 9.17) is 19.0 Å². The normalized spacial score (nSPS) is 18.4. The van der Waals surface area contributed by atoms with Crippen molar-refractivity contribution >= 4 is 14.8 Å². The third-order valence-corrected chi connectivity index (χ3v) is 5.73. The van der Waals surface area contributed by atoms with Crippen molar-refractivity contribution in [2.24, 2.45) is 5.73 Å². The van der Waals surface area contributed by atoms with Crippen LogP contribution in [0, 0.1) is 0 Å². The molecule has 0 atom stereocenters. The van der Waals surface area contributed by atoms with Crippen LogP contribution in [0.4, 0.5) is 4.79 Å². The highest BCUT2D eigenvalue weighted by molar-refractivity contribution is 6.60. The van der Waals surface area contributed by atoms with Crippen molar-refractivity contribution < 1.29 is 18.1 Å². The van der Waals surface area contributed by atoms with Gasteiger partial charge in [0.15, 0.2) is 0 Å². The average molecular weight is 263 g/mol. The maximum absolute atomic E-state index is 11.0. The number of carbonyl (C=O) groups is 1. The predicted octanol–water partition coefficient (Wildman–Crippen LogP) is -0.900. The molecule has 0 bridgehead atoms. The second-order valence-electron chi connectivity index (χ2n) is 3.90. The van der Waals surface area contributed by atoms with Crippen LogP contribution in [0.15, 0.2) is 0 Å². The lowest BCUT2D eigenvalue weighted by Crippen LogP contribution is -2.58. The fourth-order valence-corrected chi connectivity index (χ4v) is 3.60. The number of primary amides is 1. The zero-order chi connectivity index (χ0) is 12.9. The van der Waals surface area contributed by atoms with Crippen LogP contribution in [0.1, 0.15) is 0 Å². The summed E-state index contributed by atoms with van der Waals surface area (Å²) in [6, 6.07) is -0.363. The number of piperazine rings is 1. The number of urea groups is 1. The Morgan fingerprint density at radius 3 is 1.94 bits per heavy atom. The van der Waals surface area contributed by atoms with Gasteiger partial charge in [-0.2, -0.15) is 0 Å². The van der Waals surface area contributed by atoms with Crippen LogP contribution in [-0.4, -0.2) is 78.3 Å². The quantitative estimate of drug-likeness (QED) is 0.651. The van der Waals surface area contributed by atoms with Crippen LogP contribution >= 0.6 is 0 Å². The minimum atomic E-state index is -2.56. The van der Waals surface area contributed by atoms with Crippen LogP contribution in [0.3, 0.4) is 0 Å². The molecule has 0 saturated carbocycles. The Balaban J connectivity index is 2.46. The van der Waals surface area contributed by atoms with Crippen molar-refractivity contribution in [1.82, 2.24) is 9.80 Å². The smallest absolute Gasteiger partial charge is 0.376 e. The van der Waals surface area contributed by atoms with E-state index in [2.05, 4.69) is 4.90 Å². The van der Waals surface area contributed by atoms with Gasteiger partial charge in [-0.15, -0.1) is 0 Å². The Morgan fingerprint density at radius 1 is 1.12 bits per heavy atom. The highest BCUT2D eigenvalue weighted by Crippen LogP contribution is 2.11. The molecule has 1 saturated heterocycles. The van der Waals surface area contributed by atoms with Gasteiger partial charge < -0.3 is 23.9 Å². The molecule has 1 rings (SSSR count). The summed E-state index contributed by atoms with van der Waals surface area (Å²) in [5.74, 6) is 0. The molecule has 0 aliphatic carbocycles. The lowest BCUT2D eigenvalue weighted by molar-refractivity contribution is 0.0888. The van der Waals surface area contributed by atoms with E-state index in [0.717, 1.165) is 13.1 Å². The Bertz CT molecular complexity index is 246. The molecule has 7 nitrogen and oxygen atoms in total. The molecule has 0 aromatic carbocycles. The lowest BCUT2D eigenvalue weighted by Gasteiger charge is -2.37. The summed E-state index contributed by atoms with van der Waals surface area (Å²) < 4.78 is 16.1. The topological polar surface area (TPSA) is 77.3 Å². The predicted molar refractivity (Wildman–Crippen MR) is 64.4 cm³/mol. The summed E-state index contributed by atoms with van der Waals surface area (Å²) in [6.07, 6.45) is 0.628. The van der Waals surface area contributed by atoms with Crippen LogP contribution in [0.5, 0.6) is 0 Å². The Kier molecular flexibility index (Phi) is 5.34. The van der Waals surface area contributed by atoms with Gasteiger partial charge in [-0.1, -0.05) is 0 Å². The van der Waals surface area contributed by atoms with Crippen LogP contribution in [-0.2, 0) is 13.3 Å². The summed E-state index contributed by atoms with van der Waals surface area (Å²) in [5.41, 5.74) is 5.22. The van der Waals surface area contributed by atoms with E-state index in [1.54, 1.807) is 26.2 Å². The second-order valence-corrected chi connectivity index (χ2v) is 6.80. The molecular formula is C9H21N3O4Si. The molecule has 100 valence electrons. The molecule has 1 aliphatic heterocycles. The van der Waals surface area contributed by atoms with E-state index in [9.17, 15) is 4.79 Å². The van der Waals surface area contributed by atoms with Gasteiger partial charge in [0, 0.05) is 47.5 Å². The molecule has 1 aliphatic rings. The number of hydrogen-bond donors (Lipinski definition) is 1. The first-order chi connectivity index (χ1) is 8.06. The lowest BCUT2D eigenvalue weighted by atomic mass is 10.3. The van der Waals surface area contributed by atoms with E-state index in [0.29, 0.717) is 19.3 Å². The third kappa shape index (κ3) is 3.65. The zero-order valence-electron chi connectivity index (χ0n) is 10.6. The standard InChI is InChI=1S/C9H21N3O4Si/c1-14-17(15-2,16-3)8-11-4-6-12(7-5-11)9(10)13/h4-8H2,1-3H3,(H2,10,13). The van der Waals surface area contributed by atoms with Gasteiger partial charge in [0.05, 0.1) is 6.17 Å². The first-order valence-corrected chi connectivity index (χ1v) is 7.42. The fraction of sp³-hybridized carbons (Fsp3) is 0.889. The van der Waals surface area contributed by atoms with E-state index >= 15 is 0 Å². The van der Waals surface area contributed by atoms with Crippen LogP contribution < -0.4 is 5.73 Å². The van der Waals surface area contributed by atoms with Gasteiger partial charge >= 0.3 is 14.8 Å². The molecule has 0 aromatic rings. The maximum Gasteiger partial charge on any atom is 0.514 e. The van der Waals surface area contributed by atoms with Crippen LogP contribution in [0.2, 0.25) is 0 Å². The monoisotopic (exact) mass is 263 g/mol. The van der Waals surface area contributed by atoms with Crippen molar-refractivity contribution in [3.8, 4) is 0 Å². The molecule has 2 amide bonds. The van der Waals surface area contributed by atoms with Gasteiger partial charge in [-0.3, -0.25) is 4.90 Å². The second kappa shape index (κ2) is 6.31. The molecule has 0 radical (unpaired) electrons. The Morgan fingerprint density at radius 2 is 1.59 bits per heavy atom. The first-order valence-electron chi connectivity index (χ1n) is 5.49. The van der Waals surface area contributed by atoms with E-state index in [1.807, 2.05) is 0 Å². The molecule has 0 spiro atoms. The van der Waals surface area contributed by atoms with Crippen LogP contribution in [0.25, 0.3) is 0 Å². The van der Waals surface area contributed by atoms with E-state index in [-0.39, 0.29) is 6.03 Å². The van der Waals surface area contributed by atoms with Crippen molar-refractivity contribution in [2.75, 3.05) is 53.7 Å². The van der Waals surface area contributed by atoms with Crippen molar-refractivity contribution in [3.63, 3.8) is 0 Å². The third-order valence-electron chi connectivity index (χ3n) is 3.03. The van der Waals surface area contributed by atoms with Gasteiger partial charge in [-0.25, -0.2) is 4.79 Å². The largest absolute Gasteiger partial charge is 0.514 e.